The highest BCUT2D eigenvalue weighted by Gasteiger charge is 2.28. The number of nitrogens with zero attached hydrogens (tertiary/aromatic N) is 4. The monoisotopic (exact) mass is 304 g/mol. The van der Waals surface area contributed by atoms with Crippen molar-refractivity contribution in [3.05, 3.63) is 18.2 Å². The number of aliphatic hydroxyl groups is 1. The maximum absolute atomic E-state index is 9.40. The number of aliphatic imine (C=N–C) groups is 1. The molecule has 0 saturated carbocycles. The van der Waals surface area contributed by atoms with Crippen molar-refractivity contribution in [3.8, 4) is 5.75 Å². The van der Waals surface area contributed by atoms with E-state index in [1.807, 2.05) is 19.0 Å². The van der Waals surface area contributed by atoms with Gasteiger partial charge in [0, 0.05) is 12.6 Å². The Morgan fingerprint density at radius 2 is 2.14 bits per heavy atom. The van der Waals surface area contributed by atoms with Crippen molar-refractivity contribution in [2.24, 2.45) is 10.1 Å². The third-order valence-corrected chi connectivity index (χ3v) is 3.02. The van der Waals surface area contributed by atoms with Crippen molar-refractivity contribution >= 4 is 28.6 Å². The molecule has 1 aliphatic rings. The first-order valence-electron chi connectivity index (χ1n) is 6.79. The summed E-state index contributed by atoms with van der Waals surface area (Å²) in [5.41, 5.74) is 7.69. The van der Waals surface area contributed by atoms with Crippen LogP contribution in [-0.4, -0.2) is 71.2 Å². The molecule has 1 aliphatic heterocycles. The van der Waals surface area contributed by atoms with E-state index in [1.165, 1.54) is 17.1 Å². The number of amidine groups is 1. The molecule has 5 N–H and O–H groups in total. The molecule has 0 fully saturated rings. The Morgan fingerprint density at radius 3 is 2.73 bits per heavy atom. The van der Waals surface area contributed by atoms with Gasteiger partial charge in [-0.25, -0.2) is 10.0 Å². The molecule has 8 heteroatoms. The van der Waals surface area contributed by atoms with Crippen molar-refractivity contribution in [2.45, 2.75) is 0 Å². The number of phenolic OH excluding ortho intramolecular Hbond substituents is 1. The summed E-state index contributed by atoms with van der Waals surface area (Å²) in [7, 11) is 3.79. The van der Waals surface area contributed by atoms with Crippen molar-refractivity contribution in [1.82, 2.24) is 9.91 Å². The molecule has 22 heavy (non-hydrogen) atoms. The van der Waals surface area contributed by atoms with Gasteiger partial charge in [-0.3, -0.25) is 5.41 Å². The highest BCUT2D eigenvalue weighted by Crippen LogP contribution is 2.27. The van der Waals surface area contributed by atoms with Crippen LogP contribution < -0.4 is 5.73 Å². The highest BCUT2D eigenvalue weighted by atomic mass is 16.3. The molecule has 0 atom stereocenters. The molecular formula is C14H20N6O2. The largest absolute Gasteiger partial charge is 0.508 e. The minimum Gasteiger partial charge on any atom is -0.508 e. The second kappa shape index (κ2) is 6.54. The number of hydrazone groups is 1. The number of rotatable bonds is 5. The summed E-state index contributed by atoms with van der Waals surface area (Å²) in [6.07, 6.45) is 0. The number of hydrogen-bond acceptors (Lipinski definition) is 7. The molecule has 118 valence electrons. The third-order valence-electron chi connectivity index (χ3n) is 3.02. The second-order valence-electron chi connectivity index (χ2n) is 5.18. The first-order valence-corrected chi connectivity index (χ1v) is 6.79. The topological polar surface area (TPSA) is 122 Å². The van der Waals surface area contributed by atoms with Gasteiger partial charge in [0.15, 0.2) is 5.84 Å². The summed E-state index contributed by atoms with van der Waals surface area (Å²) in [5.74, 6) is 0.186. The number of phenols is 1. The van der Waals surface area contributed by atoms with Gasteiger partial charge in [-0.05, 0) is 26.2 Å². The van der Waals surface area contributed by atoms with Gasteiger partial charge in [0.05, 0.1) is 24.5 Å². The number of anilines is 1. The fraction of sp³-hybridized carbons (Fsp3) is 0.357. The lowest BCUT2D eigenvalue weighted by molar-refractivity contribution is 0.254. The maximum Gasteiger partial charge on any atom is 0.169 e. The summed E-state index contributed by atoms with van der Waals surface area (Å²) in [4.78, 5) is 6.34. The molecule has 2 rings (SSSR count). The van der Waals surface area contributed by atoms with Gasteiger partial charge >= 0.3 is 0 Å². The van der Waals surface area contributed by atoms with E-state index in [-0.39, 0.29) is 24.7 Å². The van der Waals surface area contributed by atoms with E-state index < -0.39 is 0 Å². The number of nitrogens with one attached hydrogen (secondary N) is 1. The first kappa shape index (κ1) is 15.9. The van der Waals surface area contributed by atoms with Gasteiger partial charge in [0.25, 0.3) is 0 Å². The number of β-amino-alcohol motifs (C(OH)–C–C–N with tert-alkyl or cyclic N) is 1. The van der Waals surface area contributed by atoms with Gasteiger partial charge in [-0.1, -0.05) is 0 Å². The summed E-state index contributed by atoms with van der Waals surface area (Å²) in [6.45, 7) is 0.650. The Labute approximate surface area is 128 Å². The number of nitrogens with two attached hydrogens (primary N) is 1. The zero-order chi connectivity index (χ0) is 16.3. The molecule has 0 saturated heterocycles. The van der Waals surface area contributed by atoms with E-state index in [2.05, 4.69) is 10.1 Å². The lowest BCUT2D eigenvalue weighted by Crippen LogP contribution is -2.32. The molecular weight excluding hydrogens is 284 g/mol. The summed E-state index contributed by atoms with van der Waals surface area (Å²) < 4.78 is 0. The lowest BCUT2D eigenvalue weighted by Gasteiger charge is -2.11. The first-order chi connectivity index (χ1) is 10.4. The minimum absolute atomic E-state index is 0.0621. The average Bonchev–Trinajstić information content (AvgIpc) is 2.70. The number of hydrogen-bond donors (Lipinski definition) is 4. The minimum atomic E-state index is -0.101. The van der Waals surface area contributed by atoms with E-state index in [0.717, 1.165) is 0 Å². The van der Waals surface area contributed by atoms with Crippen LogP contribution in [-0.2, 0) is 0 Å². The van der Waals surface area contributed by atoms with Gasteiger partial charge in [-0.2, -0.15) is 5.10 Å². The van der Waals surface area contributed by atoms with Crippen molar-refractivity contribution < 1.29 is 10.2 Å². The number of benzene rings is 1. The Morgan fingerprint density at radius 1 is 1.41 bits per heavy atom. The quantitative estimate of drug-likeness (QED) is 0.581. The van der Waals surface area contributed by atoms with Crippen molar-refractivity contribution in [3.63, 3.8) is 0 Å². The molecule has 0 aromatic heterocycles. The van der Waals surface area contributed by atoms with Crippen molar-refractivity contribution in [2.75, 3.05) is 39.5 Å². The molecule has 0 aliphatic carbocycles. The lowest BCUT2D eigenvalue weighted by atomic mass is 10.2. The predicted molar refractivity (Wildman–Crippen MR) is 87.1 cm³/mol. The van der Waals surface area contributed by atoms with Crippen LogP contribution in [0, 0.1) is 5.41 Å². The molecule has 0 radical (unpaired) electrons. The van der Waals surface area contributed by atoms with E-state index in [1.54, 1.807) is 6.07 Å². The van der Waals surface area contributed by atoms with E-state index in [4.69, 9.17) is 16.2 Å². The van der Waals surface area contributed by atoms with Crippen LogP contribution in [0.4, 0.5) is 11.4 Å². The fourth-order valence-electron chi connectivity index (χ4n) is 2.05. The smallest absolute Gasteiger partial charge is 0.169 e. The van der Waals surface area contributed by atoms with Crippen molar-refractivity contribution in [1.29, 1.82) is 5.41 Å². The average molecular weight is 304 g/mol. The normalized spacial score (nSPS) is 16.7. The molecule has 0 bridgehead atoms. The zero-order valence-electron chi connectivity index (χ0n) is 12.6. The number of nitrogen functional groups attached to an aromatic ring is 1. The second-order valence-corrected chi connectivity index (χ2v) is 5.18. The SMILES string of the molecule is CN(C)CC1=NN(CCO)C(=N)C1=Nc1ccc(O)cc1N. The van der Waals surface area contributed by atoms with Crippen LogP contribution in [0.2, 0.25) is 0 Å². The predicted octanol–water partition coefficient (Wildman–Crippen LogP) is 0.250. The van der Waals surface area contributed by atoms with E-state index in [9.17, 15) is 5.11 Å². The van der Waals surface area contributed by atoms with Crippen LogP contribution in [0.15, 0.2) is 28.3 Å². The van der Waals surface area contributed by atoms with E-state index in [0.29, 0.717) is 29.3 Å². The van der Waals surface area contributed by atoms with Gasteiger partial charge in [0.1, 0.15) is 17.2 Å². The molecule has 1 aromatic rings. The van der Waals surface area contributed by atoms with Crippen LogP contribution >= 0.6 is 0 Å². The number of aromatic hydroxyl groups is 1. The van der Waals surface area contributed by atoms with Gasteiger partial charge in [-0.15, -0.1) is 0 Å². The van der Waals surface area contributed by atoms with Gasteiger partial charge in [0.2, 0.25) is 0 Å². The molecule has 0 spiro atoms. The van der Waals surface area contributed by atoms with Crippen LogP contribution in [0.5, 0.6) is 5.75 Å². The molecule has 0 unspecified atom stereocenters. The zero-order valence-corrected chi connectivity index (χ0v) is 12.6. The molecule has 1 heterocycles. The summed E-state index contributed by atoms with van der Waals surface area (Å²) in [5, 5.41) is 32.4. The highest BCUT2D eigenvalue weighted by molar-refractivity contribution is 6.70. The molecule has 8 nitrogen and oxygen atoms in total. The third kappa shape index (κ3) is 3.41. The van der Waals surface area contributed by atoms with E-state index >= 15 is 0 Å². The Balaban J connectivity index is 2.39. The van der Waals surface area contributed by atoms with Crippen LogP contribution in [0.1, 0.15) is 0 Å². The standard InChI is InChI=1S/C14H20N6O2/c1-19(2)8-12-13(14(16)20(18-12)5-6-21)17-11-4-3-9(22)7-10(11)15/h3-4,7,16,21-22H,5-6,8,15H2,1-2H3. The Hall–Kier alpha value is -2.45. The summed E-state index contributed by atoms with van der Waals surface area (Å²) >= 11 is 0. The fourth-order valence-corrected chi connectivity index (χ4v) is 2.05. The number of aliphatic hydroxyl groups excluding tert-OH is 1. The molecule has 1 aromatic carbocycles. The van der Waals surface area contributed by atoms with Gasteiger partial charge < -0.3 is 20.8 Å². The molecule has 0 amide bonds. The van der Waals surface area contributed by atoms with Crippen LogP contribution in [0.25, 0.3) is 0 Å². The van der Waals surface area contributed by atoms with Crippen LogP contribution in [0.3, 0.4) is 0 Å². The maximum atomic E-state index is 9.40. The summed E-state index contributed by atoms with van der Waals surface area (Å²) in [6, 6.07) is 4.49. The Bertz CT molecular complexity index is 638. The Kier molecular flexibility index (Phi) is 4.74.